The highest BCUT2D eigenvalue weighted by Crippen LogP contribution is 2.26. The minimum atomic E-state index is -1.24. The predicted molar refractivity (Wildman–Crippen MR) is 107 cm³/mol. The van der Waals surface area contributed by atoms with Crippen LogP contribution in [0.2, 0.25) is 0 Å². The number of esters is 2. The number of hydrogen-bond acceptors (Lipinski definition) is 9. The molecule has 8 nitrogen and oxygen atoms in total. The van der Waals surface area contributed by atoms with Crippen LogP contribution in [0.1, 0.15) is 26.3 Å². The molecule has 1 atom stereocenters. The molecule has 0 aliphatic heterocycles. The molecule has 1 aromatic carbocycles. The largest absolute Gasteiger partial charge is 0.459 e. The summed E-state index contributed by atoms with van der Waals surface area (Å²) in [6.45, 7) is 3.69. The Hall–Kier alpha value is -2.20. The van der Waals surface area contributed by atoms with Crippen LogP contribution in [0.4, 0.5) is 4.79 Å². The normalized spacial score (nSPS) is 11.9. The van der Waals surface area contributed by atoms with Gasteiger partial charge >= 0.3 is 17.2 Å². The second-order valence-electron chi connectivity index (χ2n) is 6.06. The van der Waals surface area contributed by atoms with E-state index in [0.29, 0.717) is 11.8 Å². The van der Waals surface area contributed by atoms with Gasteiger partial charge in [0, 0.05) is 12.7 Å². The molecular formula is C18H23NO7S2. The zero-order valence-corrected chi connectivity index (χ0v) is 17.5. The first-order valence-electron chi connectivity index (χ1n) is 8.27. The zero-order chi connectivity index (χ0) is 21.2. The lowest BCUT2D eigenvalue weighted by atomic mass is 10.2. The number of ether oxygens (including phenoxy) is 3. The SMILES string of the molecule is CC(=O)OCOC(=O)SC(C)(C)C(=O)N[C@@H](CS)C(=O)OCc1ccccc1. The predicted octanol–water partition coefficient (Wildman–Crippen LogP) is 2.31. The molecule has 0 radical (unpaired) electrons. The molecule has 1 amide bonds. The van der Waals surface area contributed by atoms with E-state index in [1.807, 2.05) is 30.3 Å². The maximum atomic E-state index is 12.5. The van der Waals surface area contributed by atoms with E-state index in [-0.39, 0.29) is 12.4 Å². The molecule has 0 spiro atoms. The van der Waals surface area contributed by atoms with Crippen molar-refractivity contribution in [1.29, 1.82) is 0 Å². The molecule has 0 aromatic heterocycles. The number of nitrogens with one attached hydrogen (secondary N) is 1. The number of carbonyl (C=O) groups is 4. The third kappa shape index (κ3) is 8.66. The van der Waals surface area contributed by atoms with Crippen LogP contribution in [-0.4, -0.2) is 46.5 Å². The third-order valence-corrected chi connectivity index (χ3v) is 4.67. The van der Waals surface area contributed by atoms with E-state index >= 15 is 0 Å². The Morgan fingerprint density at radius 1 is 1.11 bits per heavy atom. The van der Waals surface area contributed by atoms with Gasteiger partial charge < -0.3 is 19.5 Å². The lowest BCUT2D eigenvalue weighted by molar-refractivity contribution is -0.149. The van der Waals surface area contributed by atoms with Crippen molar-refractivity contribution in [3.63, 3.8) is 0 Å². The van der Waals surface area contributed by atoms with Crippen LogP contribution < -0.4 is 5.32 Å². The van der Waals surface area contributed by atoms with Gasteiger partial charge in [-0.15, -0.1) is 0 Å². The number of rotatable bonds is 9. The second-order valence-corrected chi connectivity index (χ2v) is 7.99. The van der Waals surface area contributed by atoms with Gasteiger partial charge in [-0.2, -0.15) is 12.6 Å². The number of carbonyl (C=O) groups excluding carboxylic acids is 4. The standard InChI is InChI=1S/C18H23NO7S2/c1-12(20)25-11-26-17(23)28-18(2,3)16(22)19-14(10-27)15(21)24-9-13-7-5-4-6-8-13/h4-8,14,27H,9-11H2,1-3H3,(H,19,22)/t14-/m0/s1. The van der Waals surface area contributed by atoms with Gasteiger partial charge in [0.05, 0.1) is 4.75 Å². The van der Waals surface area contributed by atoms with Crippen LogP contribution in [0.5, 0.6) is 0 Å². The Morgan fingerprint density at radius 3 is 2.32 bits per heavy atom. The van der Waals surface area contributed by atoms with Gasteiger partial charge in [-0.1, -0.05) is 30.3 Å². The van der Waals surface area contributed by atoms with Crippen molar-refractivity contribution < 1.29 is 33.4 Å². The Balaban J connectivity index is 2.54. The van der Waals surface area contributed by atoms with Crippen molar-refractivity contribution in [2.24, 2.45) is 0 Å². The number of amides is 1. The summed E-state index contributed by atoms with van der Waals surface area (Å²) in [6.07, 6.45) is 0. The zero-order valence-electron chi connectivity index (χ0n) is 15.8. The highest BCUT2D eigenvalue weighted by Gasteiger charge is 2.35. The van der Waals surface area contributed by atoms with E-state index in [4.69, 9.17) is 9.47 Å². The van der Waals surface area contributed by atoms with Crippen LogP contribution in [0, 0.1) is 0 Å². The molecule has 0 aliphatic rings. The minimum Gasteiger partial charge on any atom is -0.459 e. The van der Waals surface area contributed by atoms with E-state index in [0.717, 1.165) is 5.56 Å². The van der Waals surface area contributed by atoms with Crippen molar-refractivity contribution in [1.82, 2.24) is 5.32 Å². The minimum absolute atomic E-state index is 0.0248. The van der Waals surface area contributed by atoms with Gasteiger partial charge in [-0.3, -0.25) is 9.59 Å². The fourth-order valence-electron chi connectivity index (χ4n) is 1.79. The number of benzene rings is 1. The molecule has 1 aromatic rings. The van der Waals surface area contributed by atoms with E-state index in [1.54, 1.807) is 0 Å². The number of thiol groups is 1. The first-order chi connectivity index (χ1) is 13.2. The average Bonchev–Trinajstić information content (AvgIpc) is 2.64. The summed E-state index contributed by atoms with van der Waals surface area (Å²) >= 11 is 4.67. The van der Waals surface area contributed by atoms with Crippen molar-refractivity contribution in [3.8, 4) is 0 Å². The fraction of sp³-hybridized carbons (Fsp3) is 0.444. The lowest BCUT2D eigenvalue weighted by Crippen LogP contribution is -2.50. The van der Waals surface area contributed by atoms with E-state index in [9.17, 15) is 19.2 Å². The molecule has 1 N–H and O–H groups in total. The summed E-state index contributed by atoms with van der Waals surface area (Å²) in [5, 5.41) is 1.72. The van der Waals surface area contributed by atoms with E-state index in [2.05, 4.69) is 22.7 Å². The Morgan fingerprint density at radius 2 is 1.75 bits per heavy atom. The van der Waals surface area contributed by atoms with Gasteiger partial charge in [0.1, 0.15) is 12.6 Å². The Kier molecular flexibility index (Phi) is 9.88. The summed E-state index contributed by atoms with van der Waals surface area (Å²) in [6, 6.07) is 8.13. The molecule has 1 rings (SSSR count). The first-order valence-corrected chi connectivity index (χ1v) is 9.72. The van der Waals surface area contributed by atoms with Gasteiger partial charge in [-0.05, 0) is 31.2 Å². The summed E-state index contributed by atoms with van der Waals surface area (Å²) in [5.74, 6) is -1.78. The molecule has 154 valence electrons. The van der Waals surface area contributed by atoms with Crippen molar-refractivity contribution in [2.45, 2.75) is 38.2 Å². The van der Waals surface area contributed by atoms with Crippen LogP contribution in [0.15, 0.2) is 30.3 Å². The van der Waals surface area contributed by atoms with Gasteiger partial charge in [-0.25, -0.2) is 9.59 Å². The molecule has 0 aliphatic carbocycles. The molecule has 0 bridgehead atoms. The first kappa shape index (κ1) is 23.8. The van der Waals surface area contributed by atoms with E-state index < -0.39 is 40.7 Å². The summed E-state index contributed by atoms with van der Waals surface area (Å²) in [5.41, 5.74) is 0.812. The summed E-state index contributed by atoms with van der Waals surface area (Å²) in [7, 11) is 0. The summed E-state index contributed by atoms with van der Waals surface area (Å²) in [4.78, 5) is 47.1. The highest BCUT2D eigenvalue weighted by atomic mass is 32.2. The molecular weight excluding hydrogens is 406 g/mol. The van der Waals surface area contributed by atoms with Crippen molar-refractivity contribution in [3.05, 3.63) is 35.9 Å². The average molecular weight is 430 g/mol. The Bertz CT molecular complexity index is 694. The maximum absolute atomic E-state index is 12.5. The molecule has 0 saturated carbocycles. The molecule has 0 unspecified atom stereocenters. The van der Waals surface area contributed by atoms with Gasteiger partial charge in [0.25, 0.3) is 0 Å². The molecule has 28 heavy (non-hydrogen) atoms. The third-order valence-electron chi connectivity index (χ3n) is 3.32. The van der Waals surface area contributed by atoms with Crippen molar-refractivity contribution in [2.75, 3.05) is 12.5 Å². The van der Waals surface area contributed by atoms with Crippen molar-refractivity contribution >= 4 is 47.5 Å². The molecule has 10 heteroatoms. The number of thioether (sulfide) groups is 1. The smallest absolute Gasteiger partial charge is 0.371 e. The molecule has 0 heterocycles. The van der Waals surface area contributed by atoms with E-state index in [1.165, 1.54) is 20.8 Å². The fourth-order valence-corrected chi connectivity index (χ4v) is 2.70. The monoisotopic (exact) mass is 429 g/mol. The van der Waals surface area contributed by atoms with Crippen LogP contribution in [-0.2, 0) is 35.2 Å². The molecule has 0 fully saturated rings. The maximum Gasteiger partial charge on any atom is 0.371 e. The molecule has 0 saturated heterocycles. The summed E-state index contributed by atoms with van der Waals surface area (Å²) < 4.78 is 13.2. The van der Waals surface area contributed by atoms with Crippen LogP contribution >= 0.6 is 24.4 Å². The topological polar surface area (TPSA) is 108 Å². The second kappa shape index (κ2) is 11.6. The number of hydrogen-bond donors (Lipinski definition) is 2. The van der Waals surface area contributed by atoms with Crippen LogP contribution in [0.3, 0.4) is 0 Å². The van der Waals surface area contributed by atoms with Crippen LogP contribution in [0.25, 0.3) is 0 Å². The van der Waals surface area contributed by atoms with Gasteiger partial charge in [0.2, 0.25) is 12.7 Å². The Labute approximate surface area is 173 Å². The quantitative estimate of drug-likeness (QED) is 0.350. The highest BCUT2D eigenvalue weighted by molar-refractivity contribution is 8.15. The lowest BCUT2D eigenvalue weighted by Gasteiger charge is -2.24. The van der Waals surface area contributed by atoms with Gasteiger partial charge in [0.15, 0.2) is 0 Å².